The smallest absolute Gasteiger partial charge is 0.416 e. The number of hydrogen-bond donors (Lipinski definition) is 3. The van der Waals surface area contributed by atoms with Crippen LogP contribution in [0, 0.1) is 0 Å². The molecule has 0 heterocycles. The lowest BCUT2D eigenvalue weighted by Crippen LogP contribution is -2.46. The van der Waals surface area contributed by atoms with Crippen molar-refractivity contribution in [3.05, 3.63) is 70.8 Å². The monoisotopic (exact) mass is 394 g/mol. The molecule has 2 rings (SSSR count). The Balaban J connectivity index is 2.00. The van der Waals surface area contributed by atoms with Crippen molar-refractivity contribution in [2.45, 2.75) is 25.1 Å². The Hall–Kier alpha value is -3.36. The molecule has 28 heavy (non-hydrogen) atoms. The number of aromatic carboxylic acids is 1. The normalized spacial score (nSPS) is 12.2. The van der Waals surface area contributed by atoms with Gasteiger partial charge < -0.3 is 16.2 Å². The molecule has 0 bridgehead atoms. The van der Waals surface area contributed by atoms with Crippen LogP contribution in [0.5, 0.6) is 0 Å². The molecular weight excluding hydrogens is 377 g/mol. The average Bonchev–Trinajstić information content (AvgIpc) is 2.61. The van der Waals surface area contributed by atoms with E-state index in [4.69, 9.17) is 10.8 Å². The average molecular weight is 394 g/mol. The quantitative estimate of drug-likeness (QED) is 0.668. The predicted molar refractivity (Wildman–Crippen MR) is 93.4 cm³/mol. The van der Waals surface area contributed by atoms with Crippen LogP contribution >= 0.6 is 0 Å². The summed E-state index contributed by atoms with van der Waals surface area (Å²) in [5, 5.41) is 11.3. The zero-order valence-corrected chi connectivity index (χ0v) is 14.5. The largest absolute Gasteiger partial charge is 0.478 e. The number of rotatable bonds is 7. The fraction of sp³-hybridized carbons (Fsp3) is 0.211. The Labute approximate surface area is 158 Å². The van der Waals surface area contributed by atoms with Crippen LogP contribution in [0.25, 0.3) is 0 Å². The molecule has 0 aliphatic carbocycles. The standard InChI is InChI=1S/C19H17F3N2O4/c20-19(21,22)14-7-3-12(4-8-14)10-16(25)24-15(17(23)26)9-11-1-5-13(6-2-11)18(27)28/h1-8,15H,9-10H2,(H2,23,26)(H,24,25)(H,27,28)/t15-/m1/s1. The van der Waals surface area contributed by atoms with Gasteiger partial charge in [0.15, 0.2) is 0 Å². The van der Waals surface area contributed by atoms with Gasteiger partial charge in [0.05, 0.1) is 17.5 Å². The maximum absolute atomic E-state index is 12.6. The first-order valence-electron chi connectivity index (χ1n) is 8.13. The highest BCUT2D eigenvalue weighted by molar-refractivity contribution is 5.88. The van der Waals surface area contributed by atoms with E-state index in [0.717, 1.165) is 12.1 Å². The van der Waals surface area contributed by atoms with Crippen molar-refractivity contribution >= 4 is 17.8 Å². The number of primary amides is 1. The van der Waals surface area contributed by atoms with E-state index >= 15 is 0 Å². The topological polar surface area (TPSA) is 109 Å². The van der Waals surface area contributed by atoms with Crippen molar-refractivity contribution in [3.63, 3.8) is 0 Å². The van der Waals surface area contributed by atoms with Gasteiger partial charge in [-0.05, 0) is 35.4 Å². The molecule has 0 aliphatic rings. The fourth-order valence-electron chi connectivity index (χ4n) is 2.48. The third-order valence-corrected chi connectivity index (χ3v) is 3.97. The first kappa shape index (κ1) is 20.9. The third-order valence-electron chi connectivity index (χ3n) is 3.97. The molecule has 0 saturated heterocycles. The van der Waals surface area contributed by atoms with E-state index in [-0.39, 0.29) is 18.4 Å². The van der Waals surface area contributed by atoms with Crippen molar-refractivity contribution in [2.24, 2.45) is 5.73 Å². The number of carboxylic acid groups (broad SMARTS) is 1. The number of alkyl halides is 3. The number of nitrogens with one attached hydrogen (secondary N) is 1. The van der Waals surface area contributed by atoms with Gasteiger partial charge in [0, 0.05) is 6.42 Å². The van der Waals surface area contributed by atoms with Gasteiger partial charge in [0.25, 0.3) is 0 Å². The van der Waals surface area contributed by atoms with E-state index in [0.29, 0.717) is 11.1 Å². The number of carbonyl (C=O) groups excluding carboxylic acids is 2. The molecule has 0 aliphatic heterocycles. The van der Waals surface area contributed by atoms with Crippen LogP contribution in [-0.4, -0.2) is 28.9 Å². The van der Waals surface area contributed by atoms with E-state index in [9.17, 15) is 27.6 Å². The van der Waals surface area contributed by atoms with Gasteiger partial charge in [-0.1, -0.05) is 24.3 Å². The van der Waals surface area contributed by atoms with Gasteiger partial charge in [0.1, 0.15) is 6.04 Å². The van der Waals surface area contributed by atoms with Crippen LogP contribution in [0.4, 0.5) is 13.2 Å². The van der Waals surface area contributed by atoms with Gasteiger partial charge in [-0.3, -0.25) is 9.59 Å². The maximum atomic E-state index is 12.6. The van der Waals surface area contributed by atoms with Crippen molar-refractivity contribution in [1.29, 1.82) is 0 Å². The highest BCUT2D eigenvalue weighted by Crippen LogP contribution is 2.29. The Morgan fingerprint density at radius 2 is 1.50 bits per heavy atom. The van der Waals surface area contributed by atoms with E-state index < -0.39 is 35.6 Å². The number of carboxylic acids is 1. The van der Waals surface area contributed by atoms with Crippen molar-refractivity contribution in [1.82, 2.24) is 5.32 Å². The maximum Gasteiger partial charge on any atom is 0.416 e. The van der Waals surface area contributed by atoms with E-state index in [1.165, 1.54) is 36.4 Å². The van der Waals surface area contributed by atoms with E-state index in [2.05, 4.69) is 5.32 Å². The minimum atomic E-state index is -4.46. The third kappa shape index (κ3) is 5.83. The van der Waals surface area contributed by atoms with Gasteiger partial charge in [-0.15, -0.1) is 0 Å². The molecule has 0 aromatic heterocycles. The number of hydrogen-bond acceptors (Lipinski definition) is 3. The molecule has 0 radical (unpaired) electrons. The molecule has 1 atom stereocenters. The number of halogens is 3. The molecular formula is C19H17F3N2O4. The molecule has 9 heteroatoms. The Kier molecular flexibility index (Phi) is 6.40. The lowest BCUT2D eigenvalue weighted by atomic mass is 10.0. The molecule has 148 valence electrons. The molecule has 6 nitrogen and oxygen atoms in total. The number of amides is 2. The van der Waals surface area contributed by atoms with Crippen molar-refractivity contribution in [2.75, 3.05) is 0 Å². The first-order valence-corrected chi connectivity index (χ1v) is 8.13. The summed E-state index contributed by atoms with van der Waals surface area (Å²) in [4.78, 5) is 34.6. The molecule has 0 spiro atoms. The first-order chi connectivity index (χ1) is 13.1. The van der Waals surface area contributed by atoms with Crippen LogP contribution in [0.15, 0.2) is 48.5 Å². The zero-order valence-electron chi connectivity index (χ0n) is 14.5. The number of nitrogens with two attached hydrogens (primary N) is 1. The SMILES string of the molecule is NC(=O)[C@@H](Cc1ccc(C(=O)O)cc1)NC(=O)Cc1ccc(C(F)(F)F)cc1. The number of carbonyl (C=O) groups is 3. The van der Waals surface area contributed by atoms with Gasteiger partial charge in [-0.25, -0.2) is 4.79 Å². The summed E-state index contributed by atoms with van der Waals surface area (Å²) < 4.78 is 37.7. The van der Waals surface area contributed by atoms with Gasteiger partial charge in [0.2, 0.25) is 11.8 Å². The van der Waals surface area contributed by atoms with Crippen LogP contribution in [-0.2, 0) is 28.6 Å². The summed E-state index contributed by atoms with van der Waals surface area (Å²) in [6.45, 7) is 0. The van der Waals surface area contributed by atoms with Crippen LogP contribution in [0.2, 0.25) is 0 Å². The van der Waals surface area contributed by atoms with Gasteiger partial charge >= 0.3 is 12.1 Å². The molecule has 2 amide bonds. The predicted octanol–water partition coefficient (Wildman–Crippen LogP) is 2.16. The summed E-state index contributed by atoms with van der Waals surface area (Å²) in [6.07, 6.45) is -4.64. The minimum absolute atomic E-state index is 0.0496. The lowest BCUT2D eigenvalue weighted by Gasteiger charge is -2.16. The van der Waals surface area contributed by atoms with E-state index in [1.807, 2.05) is 0 Å². The summed E-state index contributed by atoms with van der Waals surface area (Å²) in [5.74, 6) is -2.46. The Morgan fingerprint density at radius 1 is 0.964 bits per heavy atom. The lowest BCUT2D eigenvalue weighted by molar-refractivity contribution is -0.137. The molecule has 2 aromatic rings. The Morgan fingerprint density at radius 3 is 1.96 bits per heavy atom. The fourth-order valence-corrected chi connectivity index (χ4v) is 2.48. The highest BCUT2D eigenvalue weighted by Gasteiger charge is 2.30. The summed E-state index contributed by atoms with van der Waals surface area (Å²) in [7, 11) is 0. The zero-order chi connectivity index (χ0) is 20.9. The molecule has 0 saturated carbocycles. The Bertz CT molecular complexity index is 862. The summed E-state index contributed by atoms with van der Waals surface area (Å²) >= 11 is 0. The minimum Gasteiger partial charge on any atom is -0.478 e. The van der Waals surface area contributed by atoms with E-state index in [1.54, 1.807) is 0 Å². The number of benzene rings is 2. The second-order valence-electron chi connectivity index (χ2n) is 6.10. The van der Waals surface area contributed by atoms with Crippen LogP contribution in [0.3, 0.4) is 0 Å². The van der Waals surface area contributed by atoms with Gasteiger partial charge in [-0.2, -0.15) is 13.2 Å². The molecule has 4 N–H and O–H groups in total. The second-order valence-corrected chi connectivity index (χ2v) is 6.10. The molecule has 2 aromatic carbocycles. The summed E-state index contributed by atoms with van der Waals surface area (Å²) in [5.41, 5.74) is 5.48. The molecule has 0 unspecified atom stereocenters. The summed E-state index contributed by atoms with van der Waals surface area (Å²) in [6, 6.07) is 8.80. The van der Waals surface area contributed by atoms with Crippen molar-refractivity contribution in [3.8, 4) is 0 Å². The van der Waals surface area contributed by atoms with Crippen LogP contribution in [0.1, 0.15) is 27.0 Å². The highest BCUT2D eigenvalue weighted by atomic mass is 19.4. The van der Waals surface area contributed by atoms with Crippen LogP contribution < -0.4 is 11.1 Å². The second kappa shape index (κ2) is 8.55. The van der Waals surface area contributed by atoms with Crippen molar-refractivity contribution < 1.29 is 32.7 Å². The molecule has 0 fully saturated rings.